The van der Waals surface area contributed by atoms with Crippen molar-refractivity contribution < 1.29 is 22.7 Å². The number of esters is 1. The molecule has 0 atom stereocenters. The lowest BCUT2D eigenvalue weighted by atomic mass is 10.3. The third kappa shape index (κ3) is 6.66. The minimum atomic E-state index is -3.78. The predicted molar refractivity (Wildman–Crippen MR) is 97.2 cm³/mol. The molecular formula is C16H15BrClNO5S. The van der Waals surface area contributed by atoms with Crippen molar-refractivity contribution in [3.05, 3.63) is 58.0 Å². The lowest BCUT2D eigenvalue weighted by molar-refractivity contribution is -0.142. The molecule has 0 fully saturated rings. The van der Waals surface area contributed by atoms with Crippen molar-refractivity contribution in [2.75, 3.05) is 19.8 Å². The largest absolute Gasteiger partial charge is 0.490 e. The van der Waals surface area contributed by atoms with Crippen LogP contribution in [0.1, 0.15) is 0 Å². The third-order valence-corrected chi connectivity index (χ3v) is 5.05. The standard InChI is InChI=1S/C16H15BrClNO5S/c17-12-3-1-6-15(9-12)25(21,22)19-11-16(20)24-8-7-23-14-5-2-4-13(18)10-14/h1-6,9-10,19H,7-8,11H2. The van der Waals surface area contributed by atoms with Crippen LogP contribution in [0.3, 0.4) is 0 Å². The van der Waals surface area contributed by atoms with Crippen LogP contribution in [0.25, 0.3) is 0 Å². The number of benzene rings is 2. The number of rotatable bonds is 8. The summed E-state index contributed by atoms with van der Waals surface area (Å²) in [6, 6.07) is 13.0. The summed E-state index contributed by atoms with van der Waals surface area (Å²) in [6.45, 7) is -0.347. The second-order valence-electron chi connectivity index (χ2n) is 4.81. The van der Waals surface area contributed by atoms with Crippen LogP contribution in [0.15, 0.2) is 57.9 Å². The number of halogens is 2. The van der Waals surface area contributed by atoms with Crippen LogP contribution in [0.5, 0.6) is 5.75 Å². The fraction of sp³-hybridized carbons (Fsp3) is 0.188. The van der Waals surface area contributed by atoms with E-state index in [0.29, 0.717) is 15.2 Å². The van der Waals surface area contributed by atoms with Crippen molar-refractivity contribution in [2.45, 2.75) is 4.90 Å². The average Bonchev–Trinajstić information content (AvgIpc) is 2.57. The second kappa shape index (κ2) is 9.19. The van der Waals surface area contributed by atoms with Gasteiger partial charge in [0, 0.05) is 9.50 Å². The van der Waals surface area contributed by atoms with Crippen LogP contribution in [-0.2, 0) is 19.6 Å². The quantitative estimate of drug-likeness (QED) is 0.496. The van der Waals surface area contributed by atoms with Crippen LogP contribution in [0.2, 0.25) is 5.02 Å². The Morgan fingerprint density at radius 3 is 2.60 bits per heavy atom. The Kier molecular flexibility index (Phi) is 7.24. The van der Waals surface area contributed by atoms with Crippen molar-refractivity contribution in [1.29, 1.82) is 0 Å². The molecule has 1 N–H and O–H groups in total. The highest BCUT2D eigenvalue weighted by atomic mass is 79.9. The highest BCUT2D eigenvalue weighted by Gasteiger charge is 2.16. The van der Waals surface area contributed by atoms with E-state index >= 15 is 0 Å². The molecule has 0 spiro atoms. The van der Waals surface area contributed by atoms with Crippen molar-refractivity contribution in [3.8, 4) is 5.75 Å². The van der Waals surface area contributed by atoms with E-state index in [2.05, 4.69) is 20.7 Å². The van der Waals surface area contributed by atoms with Gasteiger partial charge in [0.2, 0.25) is 10.0 Å². The van der Waals surface area contributed by atoms with Gasteiger partial charge in [-0.05, 0) is 36.4 Å². The maximum absolute atomic E-state index is 12.1. The van der Waals surface area contributed by atoms with Crippen molar-refractivity contribution in [2.24, 2.45) is 0 Å². The highest BCUT2D eigenvalue weighted by molar-refractivity contribution is 9.10. The van der Waals surface area contributed by atoms with Gasteiger partial charge in [-0.25, -0.2) is 8.42 Å². The summed E-state index contributed by atoms with van der Waals surface area (Å²) in [5, 5.41) is 0.538. The van der Waals surface area contributed by atoms with Gasteiger partial charge in [-0.3, -0.25) is 4.79 Å². The molecule has 2 aromatic rings. The summed E-state index contributed by atoms with van der Waals surface area (Å²) in [6.07, 6.45) is 0. The van der Waals surface area contributed by atoms with Gasteiger partial charge < -0.3 is 9.47 Å². The zero-order valence-corrected chi connectivity index (χ0v) is 16.1. The molecule has 0 radical (unpaired) electrons. The molecule has 0 aliphatic carbocycles. The van der Waals surface area contributed by atoms with E-state index < -0.39 is 22.5 Å². The lowest BCUT2D eigenvalue weighted by Crippen LogP contribution is -2.31. The first-order chi connectivity index (χ1) is 11.9. The molecule has 134 valence electrons. The van der Waals surface area contributed by atoms with Crippen molar-refractivity contribution in [3.63, 3.8) is 0 Å². The van der Waals surface area contributed by atoms with Gasteiger partial charge in [0.25, 0.3) is 0 Å². The molecule has 0 saturated carbocycles. The van der Waals surface area contributed by atoms with Gasteiger partial charge in [-0.15, -0.1) is 0 Å². The Morgan fingerprint density at radius 1 is 1.12 bits per heavy atom. The summed E-state index contributed by atoms with van der Waals surface area (Å²) in [7, 11) is -3.78. The molecule has 6 nitrogen and oxygen atoms in total. The zero-order valence-electron chi connectivity index (χ0n) is 12.9. The van der Waals surface area contributed by atoms with E-state index in [9.17, 15) is 13.2 Å². The maximum Gasteiger partial charge on any atom is 0.321 e. The van der Waals surface area contributed by atoms with Gasteiger partial charge in [-0.1, -0.05) is 39.7 Å². The molecule has 0 saturated heterocycles. The zero-order chi connectivity index (χ0) is 18.3. The Morgan fingerprint density at radius 2 is 1.88 bits per heavy atom. The van der Waals surface area contributed by atoms with E-state index in [4.69, 9.17) is 21.1 Å². The molecule has 9 heteroatoms. The third-order valence-electron chi connectivity index (χ3n) is 2.92. The lowest BCUT2D eigenvalue weighted by Gasteiger charge is -2.09. The number of hydrogen-bond donors (Lipinski definition) is 1. The molecule has 0 heterocycles. The summed E-state index contributed by atoms with van der Waals surface area (Å²) in [5.74, 6) is -0.146. The fourth-order valence-corrected chi connectivity index (χ4v) is 3.54. The van der Waals surface area contributed by atoms with Gasteiger partial charge >= 0.3 is 5.97 Å². The smallest absolute Gasteiger partial charge is 0.321 e. The van der Waals surface area contributed by atoms with Crippen LogP contribution in [0, 0.1) is 0 Å². The molecule has 25 heavy (non-hydrogen) atoms. The normalized spacial score (nSPS) is 11.1. The molecule has 0 unspecified atom stereocenters. The Balaban J connectivity index is 1.73. The summed E-state index contributed by atoms with van der Waals surface area (Å²) < 4.78 is 37.2. The molecule has 0 aliphatic rings. The predicted octanol–water partition coefficient (Wildman–Crippen LogP) is 3.00. The van der Waals surface area contributed by atoms with Crippen LogP contribution in [0.4, 0.5) is 0 Å². The Hall–Kier alpha value is -1.61. The number of ether oxygens (including phenoxy) is 2. The van der Waals surface area contributed by atoms with Crippen molar-refractivity contribution in [1.82, 2.24) is 4.72 Å². The van der Waals surface area contributed by atoms with Crippen LogP contribution >= 0.6 is 27.5 Å². The average molecular weight is 449 g/mol. The number of sulfonamides is 1. The molecule has 2 aromatic carbocycles. The molecular weight excluding hydrogens is 434 g/mol. The first-order valence-corrected chi connectivity index (χ1v) is 9.81. The van der Waals surface area contributed by atoms with E-state index in [-0.39, 0.29) is 18.1 Å². The first-order valence-electron chi connectivity index (χ1n) is 7.16. The fourth-order valence-electron chi connectivity index (χ4n) is 1.79. The first kappa shape index (κ1) is 19.7. The van der Waals surface area contributed by atoms with E-state index in [1.165, 1.54) is 12.1 Å². The molecule has 0 bridgehead atoms. The summed E-state index contributed by atoms with van der Waals surface area (Å²) >= 11 is 9.01. The van der Waals surface area contributed by atoms with E-state index in [0.717, 1.165) is 0 Å². The van der Waals surface area contributed by atoms with Crippen LogP contribution < -0.4 is 9.46 Å². The molecule has 0 aromatic heterocycles. The maximum atomic E-state index is 12.1. The number of carbonyl (C=O) groups is 1. The summed E-state index contributed by atoms with van der Waals surface area (Å²) in [5.41, 5.74) is 0. The molecule has 0 aliphatic heterocycles. The Labute approximate surface area is 159 Å². The number of nitrogens with one attached hydrogen (secondary N) is 1. The number of hydrogen-bond acceptors (Lipinski definition) is 5. The minimum absolute atomic E-state index is 0.00996. The minimum Gasteiger partial charge on any atom is -0.490 e. The van der Waals surface area contributed by atoms with E-state index in [1.54, 1.807) is 36.4 Å². The Bertz CT molecular complexity index is 844. The highest BCUT2D eigenvalue weighted by Crippen LogP contribution is 2.17. The topological polar surface area (TPSA) is 81.7 Å². The van der Waals surface area contributed by atoms with E-state index in [1.807, 2.05) is 0 Å². The van der Waals surface area contributed by atoms with Gasteiger partial charge in [-0.2, -0.15) is 4.72 Å². The van der Waals surface area contributed by atoms with Gasteiger partial charge in [0.15, 0.2) is 0 Å². The van der Waals surface area contributed by atoms with Gasteiger partial charge in [0.05, 0.1) is 4.90 Å². The van der Waals surface area contributed by atoms with Crippen LogP contribution in [-0.4, -0.2) is 34.1 Å². The summed E-state index contributed by atoms with van der Waals surface area (Å²) in [4.78, 5) is 11.7. The monoisotopic (exact) mass is 447 g/mol. The molecule has 0 amide bonds. The van der Waals surface area contributed by atoms with Crippen molar-refractivity contribution >= 4 is 43.5 Å². The second-order valence-corrected chi connectivity index (χ2v) is 7.93. The van der Waals surface area contributed by atoms with Gasteiger partial charge in [0.1, 0.15) is 25.5 Å². The number of carbonyl (C=O) groups excluding carboxylic acids is 1. The SMILES string of the molecule is O=C(CNS(=O)(=O)c1cccc(Br)c1)OCCOc1cccc(Cl)c1. The molecule has 2 rings (SSSR count).